The number of anilines is 2. The van der Waals surface area contributed by atoms with Crippen molar-refractivity contribution in [2.75, 3.05) is 30.4 Å². The molecule has 0 aromatic heterocycles. The first-order valence-electron chi connectivity index (χ1n) is 7.94. The number of nitrogens with zero attached hydrogens (tertiary/aromatic N) is 1. The van der Waals surface area contributed by atoms with E-state index in [-0.39, 0.29) is 5.91 Å². The van der Waals surface area contributed by atoms with Crippen molar-refractivity contribution in [1.82, 2.24) is 0 Å². The number of hydrogen-bond donors (Lipinski definition) is 1. The van der Waals surface area contributed by atoms with E-state index in [0.717, 1.165) is 5.69 Å². The fourth-order valence-electron chi connectivity index (χ4n) is 2.27. The predicted octanol–water partition coefficient (Wildman–Crippen LogP) is 3.33. The molecule has 0 radical (unpaired) electrons. The molecule has 0 spiro atoms. The summed E-state index contributed by atoms with van der Waals surface area (Å²) >= 11 is 0. The number of carbonyl (C=O) groups excluding carboxylic acids is 2. The number of carbonyl (C=O) groups is 2. The third-order valence-electron chi connectivity index (χ3n) is 3.57. The van der Waals surface area contributed by atoms with E-state index >= 15 is 0 Å². The maximum absolute atomic E-state index is 12.2. The molecule has 0 saturated carbocycles. The summed E-state index contributed by atoms with van der Waals surface area (Å²) < 4.78 is 5.01. The minimum atomic E-state index is -0.435. The third kappa shape index (κ3) is 4.84. The molecular formula is C19H22N2O3. The van der Waals surface area contributed by atoms with Crippen molar-refractivity contribution >= 4 is 23.3 Å². The van der Waals surface area contributed by atoms with E-state index < -0.39 is 5.97 Å². The van der Waals surface area contributed by atoms with E-state index in [9.17, 15) is 9.59 Å². The van der Waals surface area contributed by atoms with Crippen molar-refractivity contribution in [3.8, 4) is 0 Å². The molecule has 5 heteroatoms. The van der Waals surface area contributed by atoms with E-state index in [2.05, 4.69) is 5.32 Å². The van der Waals surface area contributed by atoms with Gasteiger partial charge >= 0.3 is 5.97 Å². The largest absolute Gasteiger partial charge is 0.462 e. The molecule has 5 nitrogen and oxygen atoms in total. The van der Waals surface area contributed by atoms with E-state index in [0.29, 0.717) is 30.8 Å². The van der Waals surface area contributed by atoms with Crippen LogP contribution in [0.4, 0.5) is 11.4 Å². The quantitative estimate of drug-likeness (QED) is 0.793. The minimum absolute atomic E-state index is 0.144. The van der Waals surface area contributed by atoms with Crippen molar-refractivity contribution in [3.05, 3.63) is 60.2 Å². The summed E-state index contributed by atoms with van der Waals surface area (Å²) in [6, 6.07) is 16.7. The monoisotopic (exact) mass is 326 g/mol. The molecule has 0 bridgehead atoms. The number of para-hydroxylation sites is 2. The van der Waals surface area contributed by atoms with Crippen LogP contribution in [0.3, 0.4) is 0 Å². The molecule has 0 saturated heterocycles. The second kappa shape index (κ2) is 8.72. The molecule has 0 aliphatic heterocycles. The lowest BCUT2D eigenvalue weighted by atomic mass is 10.1. The van der Waals surface area contributed by atoms with Crippen molar-refractivity contribution in [1.29, 1.82) is 0 Å². The molecule has 2 aromatic rings. The maximum atomic E-state index is 12.2. The number of hydrogen-bond acceptors (Lipinski definition) is 4. The molecule has 1 amide bonds. The zero-order chi connectivity index (χ0) is 17.4. The fourth-order valence-corrected chi connectivity index (χ4v) is 2.27. The highest BCUT2D eigenvalue weighted by Gasteiger charge is 2.14. The summed E-state index contributed by atoms with van der Waals surface area (Å²) in [4.78, 5) is 26.1. The Labute approximate surface area is 142 Å². The molecule has 0 atom stereocenters. The number of benzene rings is 2. The van der Waals surface area contributed by atoms with E-state index in [1.807, 2.05) is 42.3 Å². The lowest BCUT2D eigenvalue weighted by Crippen LogP contribution is -2.24. The van der Waals surface area contributed by atoms with Crippen molar-refractivity contribution in [3.63, 3.8) is 0 Å². The van der Waals surface area contributed by atoms with Gasteiger partial charge in [0.2, 0.25) is 5.91 Å². The van der Waals surface area contributed by atoms with Gasteiger partial charge < -0.3 is 15.0 Å². The predicted molar refractivity (Wildman–Crippen MR) is 95.4 cm³/mol. The van der Waals surface area contributed by atoms with Crippen molar-refractivity contribution < 1.29 is 14.3 Å². The Morgan fingerprint density at radius 3 is 2.42 bits per heavy atom. The lowest BCUT2D eigenvalue weighted by Gasteiger charge is -2.19. The first-order valence-corrected chi connectivity index (χ1v) is 7.94. The van der Waals surface area contributed by atoms with Crippen LogP contribution in [0.1, 0.15) is 23.7 Å². The Morgan fingerprint density at radius 1 is 1.04 bits per heavy atom. The Hall–Kier alpha value is -2.82. The summed E-state index contributed by atoms with van der Waals surface area (Å²) in [7, 11) is 1.94. The van der Waals surface area contributed by atoms with Gasteiger partial charge in [-0.25, -0.2) is 4.79 Å². The molecule has 2 aromatic carbocycles. The van der Waals surface area contributed by atoms with Gasteiger partial charge in [-0.3, -0.25) is 4.79 Å². The average molecular weight is 326 g/mol. The Kier molecular flexibility index (Phi) is 6.37. The van der Waals surface area contributed by atoms with Gasteiger partial charge in [-0.15, -0.1) is 0 Å². The molecule has 2 rings (SSSR count). The highest BCUT2D eigenvalue weighted by atomic mass is 16.5. The molecular weight excluding hydrogens is 304 g/mol. The Morgan fingerprint density at radius 2 is 1.71 bits per heavy atom. The van der Waals surface area contributed by atoms with Crippen molar-refractivity contribution in [2.45, 2.75) is 13.3 Å². The lowest BCUT2D eigenvalue weighted by molar-refractivity contribution is -0.116. The minimum Gasteiger partial charge on any atom is -0.462 e. The molecule has 0 aliphatic rings. The van der Waals surface area contributed by atoms with Gasteiger partial charge in [0.1, 0.15) is 0 Å². The SMILES string of the molecule is CCOC(=O)c1ccccc1NC(=O)CCN(C)c1ccccc1. The van der Waals surface area contributed by atoms with E-state index in [1.54, 1.807) is 31.2 Å². The van der Waals surface area contributed by atoms with Gasteiger partial charge in [-0.2, -0.15) is 0 Å². The summed E-state index contributed by atoms with van der Waals surface area (Å²) in [5.74, 6) is -0.579. The average Bonchev–Trinajstić information content (AvgIpc) is 2.61. The zero-order valence-electron chi connectivity index (χ0n) is 14.0. The zero-order valence-corrected chi connectivity index (χ0v) is 14.0. The van der Waals surface area contributed by atoms with E-state index in [1.165, 1.54) is 0 Å². The Balaban J connectivity index is 1.94. The standard InChI is InChI=1S/C19H22N2O3/c1-3-24-19(23)16-11-7-8-12-17(16)20-18(22)13-14-21(2)15-9-5-4-6-10-15/h4-12H,3,13-14H2,1-2H3,(H,20,22). The molecule has 24 heavy (non-hydrogen) atoms. The van der Waals surface area contributed by atoms with Crippen LogP contribution in [0.2, 0.25) is 0 Å². The number of ether oxygens (including phenoxy) is 1. The number of amides is 1. The smallest absolute Gasteiger partial charge is 0.340 e. The number of esters is 1. The molecule has 126 valence electrons. The van der Waals surface area contributed by atoms with Crippen LogP contribution in [0.15, 0.2) is 54.6 Å². The first-order chi connectivity index (χ1) is 11.6. The van der Waals surface area contributed by atoms with Gasteiger partial charge in [0, 0.05) is 25.7 Å². The second-order valence-electron chi connectivity index (χ2n) is 5.32. The van der Waals surface area contributed by atoms with E-state index in [4.69, 9.17) is 4.74 Å². The van der Waals surface area contributed by atoms with Crippen LogP contribution in [-0.4, -0.2) is 32.1 Å². The second-order valence-corrected chi connectivity index (χ2v) is 5.32. The van der Waals surface area contributed by atoms with Gasteiger partial charge in [0.25, 0.3) is 0 Å². The molecule has 0 fully saturated rings. The van der Waals surface area contributed by atoms with Crippen LogP contribution in [0, 0.1) is 0 Å². The van der Waals surface area contributed by atoms with Gasteiger partial charge in [0.15, 0.2) is 0 Å². The van der Waals surface area contributed by atoms with Crippen LogP contribution >= 0.6 is 0 Å². The number of rotatable bonds is 7. The highest BCUT2D eigenvalue weighted by molar-refractivity contribution is 6.01. The maximum Gasteiger partial charge on any atom is 0.340 e. The van der Waals surface area contributed by atoms with Gasteiger partial charge in [-0.1, -0.05) is 30.3 Å². The summed E-state index contributed by atoms with van der Waals surface area (Å²) in [5.41, 5.74) is 1.89. The van der Waals surface area contributed by atoms with Crippen LogP contribution in [0.5, 0.6) is 0 Å². The normalized spacial score (nSPS) is 10.1. The third-order valence-corrected chi connectivity index (χ3v) is 3.57. The van der Waals surface area contributed by atoms with Gasteiger partial charge in [-0.05, 0) is 31.2 Å². The van der Waals surface area contributed by atoms with Crippen LogP contribution in [0.25, 0.3) is 0 Å². The van der Waals surface area contributed by atoms with Gasteiger partial charge in [0.05, 0.1) is 17.9 Å². The molecule has 0 heterocycles. The summed E-state index contributed by atoms with van der Waals surface area (Å²) in [5, 5.41) is 2.79. The highest BCUT2D eigenvalue weighted by Crippen LogP contribution is 2.17. The summed E-state index contributed by atoms with van der Waals surface area (Å²) in [6.07, 6.45) is 0.322. The number of nitrogens with one attached hydrogen (secondary N) is 1. The summed E-state index contributed by atoms with van der Waals surface area (Å²) in [6.45, 7) is 2.62. The first kappa shape index (κ1) is 17.5. The molecule has 0 aliphatic carbocycles. The fraction of sp³-hybridized carbons (Fsp3) is 0.263. The molecule has 1 N–H and O–H groups in total. The van der Waals surface area contributed by atoms with Crippen LogP contribution in [-0.2, 0) is 9.53 Å². The molecule has 0 unspecified atom stereocenters. The van der Waals surface area contributed by atoms with Crippen molar-refractivity contribution in [2.24, 2.45) is 0 Å². The van der Waals surface area contributed by atoms with Crippen LogP contribution < -0.4 is 10.2 Å². The topological polar surface area (TPSA) is 58.6 Å². The Bertz CT molecular complexity index is 686.